The van der Waals surface area contributed by atoms with Crippen LogP contribution in [0, 0.1) is 11.8 Å². The fourth-order valence-electron chi connectivity index (χ4n) is 8.47. The van der Waals surface area contributed by atoms with E-state index in [1.165, 1.54) is 20.8 Å². The zero-order valence-corrected chi connectivity index (χ0v) is 49.6. The fraction of sp³-hybridized carbons (Fsp3) is 0.920. The molecule has 0 aromatic rings. The summed E-state index contributed by atoms with van der Waals surface area (Å²) in [6.45, 7) is 11.0. The first-order valence-electron chi connectivity index (χ1n) is 28.2. The lowest BCUT2D eigenvalue weighted by atomic mass is 9.75. The predicted octanol–water partition coefficient (Wildman–Crippen LogP) is 2.46. The van der Waals surface area contributed by atoms with E-state index in [0.29, 0.717) is 91.9 Å². The molecule has 10 unspecified atom stereocenters. The van der Waals surface area contributed by atoms with Crippen molar-refractivity contribution in [2.45, 2.75) is 103 Å². The molecule has 0 bridgehead atoms. The Bertz CT molecular complexity index is 1930. The van der Waals surface area contributed by atoms with Crippen molar-refractivity contribution >= 4 is 23.8 Å². The SMILES string of the molecule is CC(=O)NC1C(O)OC(COC(C)=O)C(OC2OC(CCCOCCOCCOCCOCCON=[N+]=[N-])C(CCOCCOCCOCCOCCON=[N+]=[N-])C(CCOCCOCCOCCOCCON=[N+]=[N-])C2OC(C)=O)C1OC(C)=O. The summed E-state index contributed by atoms with van der Waals surface area (Å²) in [7, 11) is 0. The Balaban J connectivity index is 2.29. The van der Waals surface area contributed by atoms with E-state index in [0.717, 1.165) is 6.92 Å². The van der Waals surface area contributed by atoms with Crippen molar-refractivity contribution in [2.75, 3.05) is 185 Å². The molecule has 2 heterocycles. The second kappa shape index (κ2) is 52.7. The summed E-state index contributed by atoms with van der Waals surface area (Å²) in [5.41, 5.74) is 24.8. The second-order valence-corrected chi connectivity index (χ2v) is 18.3. The first-order valence-corrected chi connectivity index (χ1v) is 28.2. The van der Waals surface area contributed by atoms with Gasteiger partial charge in [0.2, 0.25) is 5.91 Å². The van der Waals surface area contributed by atoms with Crippen LogP contribution in [0.2, 0.25) is 0 Å². The molecular formula is C50H88N10O26. The van der Waals surface area contributed by atoms with E-state index < -0.39 is 91.4 Å². The highest BCUT2D eigenvalue weighted by Gasteiger charge is 2.54. The summed E-state index contributed by atoms with van der Waals surface area (Å²) in [5, 5.41) is 22.6. The molecule has 2 saturated heterocycles. The highest BCUT2D eigenvalue weighted by Crippen LogP contribution is 2.41. The topological polar surface area (TPSA) is 441 Å². The molecule has 36 nitrogen and oxygen atoms in total. The molecule has 0 saturated carbocycles. The van der Waals surface area contributed by atoms with E-state index >= 15 is 0 Å². The van der Waals surface area contributed by atoms with Crippen LogP contribution in [0.1, 0.15) is 53.4 Å². The molecule has 494 valence electrons. The number of rotatable bonds is 56. The maximum absolute atomic E-state index is 13.2. The van der Waals surface area contributed by atoms with Crippen molar-refractivity contribution < 1.29 is 124 Å². The Morgan fingerprint density at radius 2 is 0.791 bits per heavy atom. The summed E-state index contributed by atoms with van der Waals surface area (Å²) in [5.74, 6) is -3.73. The fourth-order valence-corrected chi connectivity index (χ4v) is 8.47. The molecule has 2 aliphatic heterocycles. The number of azide groups is 3. The van der Waals surface area contributed by atoms with Gasteiger partial charge in [0.25, 0.3) is 0 Å². The van der Waals surface area contributed by atoms with Gasteiger partial charge in [0, 0.05) is 68.2 Å². The van der Waals surface area contributed by atoms with Crippen molar-refractivity contribution in [2.24, 2.45) is 27.7 Å². The number of carbonyl (C=O) groups is 4. The minimum absolute atomic E-state index is 0.110. The van der Waals surface area contributed by atoms with E-state index in [-0.39, 0.29) is 112 Å². The van der Waals surface area contributed by atoms with Crippen LogP contribution in [-0.2, 0) is 119 Å². The number of amides is 1. The quantitative estimate of drug-likeness (QED) is 0.0168. The first-order chi connectivity index (χ1) is 41.9. The Morgan fingerprint density at radius 1 is 0.430 bits per heavy atom. The summed E-state index contributed by atoms with van der Waals surface area (Å²) in [4.78, 5) is 71.9. The number of aliphatic hydroxyl groups is 1. The summed E-state index contributed by atoms with van der Waals surface area (Å²) in [6.07, 6.45) is -7.64. The number of ether oxygens (including phenoxy) is 18. The summed E-state index contributed by atoms with van der Waals surface area (Å²) >= 11 is 0. The molecule has 0 aromatic heterocycles. The van der Waals surface area contributed by atoms with Gasteiger partial charge < -0.3 is 110 Å². The predicted molar refractivity (Wildman–Crippen MR) is 290 cm³/mol. The molecule has 1 amide bonds. The average Bonchev–Trinajstić information content (AvgIpc) is 1.12. The molecule has 0 aliphatic carbocycles. The summed E-state index contributed by atoms with van der Waals surface area (Å²) < 4.78 is 104. The summed E-state index contributed by atoms with van der Waals surface area (Å²) in [6, 6.07) is -1.38. The van der Waals surface area contributed by atoms with Gasteiger partial charge in [-0.15, -0.1) is 0 Å². The number of aliphatic hydroxyl groups excluding tert-OH is 1. The minimum Gasteiger partial charge on any atom is -0.463 e. The smallest absolute Gasteiger partial charge is 0.303 e. The largest absolute Gasteiger partial charge is 0.463 e. The van der Waals surface area contributed by atoms with E-state index in [9.17, 15) is 24.3 Å². The van der Waals surface area contributed by atoms with Crippen LogP contribution < -0.4 is 5.32 Å². The van der Waals surface area contributed by atoms with Crippen LogP contribution >= 0.6 is 0 Å². The lowest BCUT2D eigenvalue weighted by Crippen LogP contribution is -2.67. The monoisotopic (exact) mass is 1240 g/mol. The van der Waals surface area contributed by atoms with E-state index in [1.807, 2.05) is 0 Å². The van der Waals surface area contributed by atoms with Gasteiger partial charge >= 0.3 is 17.9 Å². The van der Waals surface area contributed by atoms with Crippen molar-refractivity contribution in [3.05, 3.63) is 31.3 Å². The van der Waals surface area contributed by atoms with Gasteiger partial charge in [-0.2, -0.15) is 0 Å². The van der Waals surface area contributed by atoms with Crippen molar-refractivity contribution in [1.82, 2.24) is 5.32 Å². The van der Waals surface area contributed by atoms with Crippen molar-refractivity contribution in [1.29, 1.82) is 0 Å². The number of nitrogens with one attached hydrogen (secondary N) is 1. The van der Waals surface area contributed by atoms with E-state index in [2.05, 4.69) is 50.4 Å². The molecule has 0 radical (unpaired) electrons. The number of esters is 3. The van der Waals surface area contributed by atoms with Gasteiger partial charge in [-0.3, -0.25) is 19.2 Å². The van der Waals surface area contributed by atoms with Crippen molar-refractivity contribution in [3.63, 3.8) is 0 Å². The van der Waals surface area contributed by atoms with E-state index in [4.69, 9.17) is 102 Å². The Morgan fingerprint density at radius 3 is 1.16 bits per heavy atom. The number of carbonyl (C=O) groups excluding carboxylic acids is 4. The molecule has 2 fully saturated rings. The highest BCUT2D eigenvalue weighted by atomic mass is 16.7. The van der Waals surface area contributed by atoms with Gasteiger partial charge in [0.05, 0.1) is 145 Å². The Labute approximate surface area is 498 Å². The lowest BCUT2D eigenvalue weighted by Gasteiger charge is -2.50. The van der Waals surface area contributed by atoms with Crippen LogP contribution in [0.15, 0.2) is 15.8 Å². The van der Waals surface area contributed by atoms with E-state index in [1.54, 1.807) is 0 Å². The molecule has 2 N–H and O–H groups in total. The molecule has 10 atom stereocenters. The third kappa shape index (κ3) is 38.7. The minimum atomic E-state index is -1.76. The van der Waals surface area contributed by atoms with Gasteiger partial charge in [-0.25, -0.2) is 0 Å². The van der Waals surface area contributed by atoms with Crippen LogP contribution in [0.4, 0.5) is 0 Å². The molecule has 2 aliphatic rings. The van der Waals surface area contributed by atoms with Gasteiger partial charge in [0.1, 0.15) is 60.5 Å². The maximum atomic E-state index is 13.2. The standard InChI is InChI=1S/C50H88N10O26/c1-37(61)54-45-48(83-40(4)64)47(44(84-49(45)65)36-78-38(2)62)86-50-46(82-39(3)63)42(8-11-68-14-17-71-20-23-74-26-29-77-32-35-81-60-57-53)41(7-10-67-13-16-70-19-22-73-25-28-76-31-34-80-59-56-52)43(85-50)6-5-9-66-12-15-69-18-21-72-24-27-75-30-33-79-58-55-51/h41-50,65H,5-36H2,1-4H3,(H,54,61). The van der Waals surface area contributed by atoms with Crippen molar-refractivity contribution in [3.8, 4) is 0 Å². The maximum Gasteiger partial charge on any atom is 0.303 e. The number of hydrogen-bond donors (Lipinski definition) is 2. The zero-order chi connectivity index (χ0) is 62.5. The first kappa shape index (κ1) is 76.7. The van der Waals surface area contributed by atoms with Gasteiger partial charge in [-0.05, 0) is 48.2 Å². The molecule has 86 heavy (non-hydrogen) atoms. The molecule has 0 aromatic carbocycles. The third-order valence-electron chi connectivity index (χ3n) is 12.0. The molecule has 36 heteroatoms. The Kier molecular flexibility index (Phi) is 47.0. The Hall–Kier alpha value is -5.43. The third-order valence-corrected chi connectivity index (χ3v) is 12.0. The lowest BCUT2D eigenvalue weighted by molar-refractivity contribution is -0.337. The average molecular weight is 1250 g/mol. The number of hydrogen-bond acceptors (Lipinski definition) is 29. The van der Waals surface area contributed by atoms with Crippen LogP contribution in [0.5, 0.6) is 0 Å². The van der Waals surface area contributed by atoms with Gasteiger partial charge in [-0.1, -0.05) is 0 Å². The molecular weight excluding hydrogens is 1160 g/mol. The number of nitrogens with zero attached hydrogens (tertiary/aromatic N) is 9. The molecule has 0 spiro atoms. The normalized spacial score (nSPS) is 21.6. The zero-order valence-electron chi connectivity index (χ0n) is 49.6. The van der Waals surface area contributed by atoms with Crippen LogP contribution in [0.25, 0.3) is 31.3 Å². The van der Waals surface area contributed by atoms with Crippen LogP contribution in [0.3, 0.4) is 0 Å². The van der Waals surface area contributed by atoms with Crippen LogP contribution in [-0.4, -0.2) is 263 Å². The molecule has 2 rings (SSSR count). The van der Waals surface area contributed by atoms with Gasteiger partial charge in [0.15, 0.2) is 24.8 Å². The second-order valence-electron chi connectivity index (χ2n) is 18.3. The highest BCUT2D eigenvalue weighted by molar-refractivity contribution is 5.73.